The van der Waals surface area contributed by atoms with Crippen LogP contribution in [-0.4, -0.2) is 18.2 Å². The van der Waals surface area contributed by atoms with Gasteiger partial charge in [0.25, 0.3) is 0 Å². The van der Waals surface area contributed by atoms with Crippen LogP contribution in [0.5, 0.6) is 5.75 Å². The second-order valence-corrected chi connectivity index (χ2v) is 5.58. The fraction of sp³-hybridized carbons (Fsp3) is 0.562. The largest absolute Gasteiger partial charge is 0.491 e. The summed E-state index contributed by atoms with van der Waals surface area (Å²) >= 11 is 0. The van der Waals surface area contributed by atoms with Crippen molar-refractivity contribution in [2.45, 2.75) is 58.2 Å². The lowest BCUT2D eigenvalue weighted by Crippen LogP contribution is -2.40. The fourth-order valence-electron chi connectivity index (χ4n) is 2.50. The van der Waals surface area contributed by atoms with Crippen LogP contribution in [0.2, 0.25) is 0 Å². The van der Waals surface area contributed by atoms with E-state index in [-0.39, 0.29) is 12.1 Å². The van der Waals surface area contributed by atoms with E-state index in [1.807, 2.05) is 38.1 Å². The third kappa shape index (κ3) is 4.44. The third-order valence-corrected chi connectivity index (χ3v) is 3.47. The quantitative estimate of drug-likeness (QED) is 0.867. The van der Waals surface area contributed by atoms with E-state index in [4.69, 9.17) is 4.74 Å². The number of urea groups is 1. The van der Waals surface area contributed by atoms with E-state index < -0.39 is 0 Å². The highest BCUT2D eigenvalue weighted by atomic mass is 16.5. The van der Waals surface area contributed by atoms with Gasteiger partial charge >= 0.3 is 6.03 Å². The molecule has 1 aromatic rings. The Balaban J connectivity index is 1.84. The van der Waals surface area contributed by atoms with E-state index in [2.05, 4.69) is 10.6 Å². The molecule has 0 heterocycles. The Morgan fingerprint density at radius 3 is 2.70 bits per heavy atom. The second-order valence-electron chi connectivity index (χ2n) is 5.58. The van der Waals surface area contributed by atoms with Crippen LogP contribution >= 0.6 is 0 Å². The minimum absolute atomic E-state index is 0.0868. The average Bonchev–Trinajstić information content (AvgIpc) is 2.90. The van der Waals surface area contributed by atoms with Gasteiger partial charge in [-0.2, -0.15) is 0 Å². The van der Waals surface area contributed by atoms with Crippen LogP contribution in [0, 0.1) is 0 Å². The molecule has 110 valence electrons. The number of amides is 2. The Morgan fingerprint density at radius 2 is 2.00 bits per heavy atom. The van der Waals surface area contributed by atoms with Gasteiger partial charge in [-0.1, -0.05) is 31.0 Å². The number of carbonyl (C=O) groups is 1. The van der Waals surface area contributed by atoms with E-state index in [9.17, 15) is 4.79 Å². The Bertz CT molecular complexity index is 440. The van der Waals surface area contributed by atoms with Gasteiger partial charge in [0, 0.05) is 18.2 Å². The summed E-state index contributed by atoms with van der Waals surface area (Å²) < 4.78 is 5.74. The van der Waals surface area contributed by atoms with Crippen molar-refractivity contribution < 1.29 is 9.53 Å². The third-order valence-electron chi connectivity index (χ3n) is 3.47. The predicted octanol–water partition coefficient (Wildman–Crippen LogP) is 3.22. The van der Waals surface area contributed by atoms with Crippen LogP contribution in [0.15, 0.2) is 24.3 Å². The first-order valence-corrected chi connectivity index (χ1v) is 7.44. The molecule has 2 rings (SSSR count). The molecule has 4 heteroatoms. The van der Waals surface area contributed by atoms with Crippen LogP contribution in [0.3, 0.4) is 0 Å². The zero-order valence-electron chi connectivity index (χ0n) is 12.3. The molecule has 2 N–H and O–H groups in total. The molecule has 20 heavy (non-hydrogen) atoms. The van der Waals surface area contributed by atoms with Crippen molar-refractivity contribution in [3.05, 3.63) is 29.8 Å². The van der Waals surface area contributed by atoms with Gasteiger partial charge < -0.3 is 15.4 Å². The number of hydrogen-bond acceptors (Lipinski definition) is 2. The first kappa shape index (κ1) is 14.7. The molecule has 1 aliphatic carbocycles. The molecule has 1 fully saturated rings. The van der Waals surface area contributed by atoms with Crippen molar-refractivity contribution in [2.75, 3.05) is 0 Å². The number of hydrogen-bond donors (Lipinski definition) is 2. The van der Waals surface area contributed by atoms with E-state index in [1.54, 1.807) is 0 Å². The lowest BCUT2D eigenvalue weighted by atomic mass is 10.2. The first-order valence-electron chi connectivity index (χ1n) is 7.44. The van der Waals surface area contributed by atoms with Crippen molar-refractivity contribution in [3.8, 4) is 5.75 Å². The summed E-state index contributed by atoms with van der Waals surface area (Å²) in [6, 6.07) is 8.08. The molecule has 0 atom stereocenters. The highest BCUT2D eigenvalue weighted by molar-refractivity contribution is 5.74. The molecule has 0 spiro atoms. The molecule has 0 radical (unpaired) electrons. The fourth-order valence-corrected chi connectivity index (χ4v) is 2.50. The van der Waals surface area contributed by atoms with Crippen molar-refractivity contribution in [1.29, 1.82) is 0 Å². The molecule has 0 aliphatic heterocycles. The maximum Gasteiger partial charge on any atom is 0.315 e. The molecule has 2 amide bonds. The van der Waals surface area contributed by atoms with Crippen molar-refractivity contribution in [1.82, 2.24) is 10.6 Å². The molecule has 0 bridgehead atoms. The van der Waals surface area contributed by atoms with E-state index in [0.717, 1.165) is 24.2 Å². The van der Waals surface area contributed by atoms with E-state index in [0.29, 0.717) is 12.6 Å². The summed E-state index contributed by atoms with van der Waals surface area (Å²) in [5.41, 5.74) is 1.00. The summed E-state index contributed by atoms with van der Waals surface area (Å²) in [4.78, 5) is 11.8. The van der Waals surface area contributed by atoms with Crippen LogP contribution in [-0.2, 0) is 6.54 Å². The molecule has 4 nitrogen and oxygen atoms in total. The van der Waals surface area contributed by atoms with Crippen molar-refractivity contribution in [2.24, 2.45) is 0 Å². The molecule has 0 unspecified atom stereocenters. The minimum Gasteiger partial charge on any atom is -0.491 e. The van der Waals surface area contributed by atoms with Gasteiger partial charge in [-0.05, 0) is 32.8 Å². The maximum atomic E-state index is 11.8. The highest BCUT2D eigenvalue weighted by Crippen LogP contribution is 2.19. The Kier molecular flexibility index (Phi) is 5.27. The van der Waals surface area contributed by atoms with Crippen LogP contribution in [0.4, 0.5) is 4.79 Å². The smallest absolute Gasteiger partial charge is 0.315 e. The topological polar surface area (TPSA) is 50.4 Å². The Labute approximate surface area is 120 Å². The monoisotopic (exact) mass is 276 g/mol. The van der Waals surface area contributed by atoms with Gasteiger partial charge in [0.1, 0.15) is 5.75 Å². The SMILES string of the molecule is CC(C)Oc1ccccc1CNC(=O)NC1CCCC1. The Morgan fingerprint density at radius 1 is 1.30 bits per heavy atom. The van der Waals surface area contributed by atoms with E-state index >= 15 is 0 Å². The molecular formula is C16H24N2O2. The molecule has 0 saturated heterocycles. The summed E-state index contributed by atoms with van der Waals surface area (Å²) in [5, 5.41) is 5.93. The number of para-hydroxylation sites is 1. The van der Waals surface area contributed by atoms with Gasteiger partial charge in [-0.15, -0.1) is 0 Å². The van der Waals surface area contributed by atoms with Gasteiger partial charge in [-0.25, -0.2) is 4.79 Å². The summed E-state index contributed by atoms with van der Waals surface area (Å²) in [7, 11) is 0. The lowest BCUT2D eigenvalue weighted by Gasteiger charge is -2.16. The molecule has 1 saturated carbocycles. The van der Waals surface area contributed by atoms with Crippen molar-refractivity contribution >= 4 is 6.03 Å². The normalized spacial score (nSPS) is 15.3. The van der Waals surface area contributed by atoms with Gasteiger partial charge in [0.2, 0.25) is 0 Å². The average molecular weight is 276 g/mol. The van der Waals surface area contributed by atoms with Crippen molar-refractivity contribution in [3.63, 3.8) is 0 Å². The van der Waals surface area contributed by atoms with Crippen LogP contribution in [0.1, 0.15) is 45.1 Å². The van der Waals surface area contributed by atoms with Gasteiger partial charge in [0.15, 0.2) is 0 Å². The number of ether oxygens (including phenoxy) is 1. The molecule has 1 aliphatic rings. The molecular weight excluding hydrogens is 252 g/mol. The van der Waals surface area contributed by atoms with E-state index in [1.165, 1.54) is 12.8 Å². The maximum absolute atomic E-state index is 11.8. The number of nitrogens with one attached hydrogen (secondary N) is 2. The Hall–Kier alpha value is -1.71. The lowest BCUT2D eigenvalue weighted by molar-refractivity contribution is 0.233. The summed E-state index contributed by atoms with van der Waals surface area (Å²) in [6.07, 6.45) is 4.76. The first-order chi connectivity index (χ1) is 9.65. The van der Waals surface area contributed by atoms with Crippen LogP contribution < -0.4 is 15.4 Å². The highest BCUT2D eigenvalue weighted by Gasteiger charge is 2.17. The number of benzene rings is 1. The molecule has 0 aromatic heterocycles. The minimum atomic E-state index is -0.0868. The predicted molar refractivity (Wildman–Crippen MR) is 79.8 cm³/mol. The summed E-state index contributed by atoms with van der Waals surface area (Å²) in [5.74, 6) is 0.837. The summed E-state index contributed by atoms with van der Waals surface area (Å²) in [6.45, 7) is 4.48. The van der Waals surface area contributed by atoms with Gasteiger partial charge in [-0.3, -0.25) is 0 Å². The van der Waals surface area contributed by atoms with Crippen LogP contribution in [0.25, 0.3) is 0 Å². The number of carbonyl (C=O) groups excluding carboxylic acids is 1. The second kappa shape index (κ2) is 7.17. The zero-order valence-corrected chi connectivity index (χ0v) is 12.3. The number of rotatable bonds is 5. The zero-order chi connectivity index (χ0) is 14.4. The standard InChI is InChI=1S/C16H24N2O2/c1-12(2)20-15-10-6-3-7-13(15)11-17-16(19)18-14-8-4-5-9-14/h3,6-7,10,12,14H,4-5,8-9,11H2,1-2H3,(H2,17,18,19). The van der Waals surface area contributed by atoms with Gasteiger partial charge in [0.05, 0.1) is 6.10 Å². The molecule has 1 aromatic carbocycles.